The third-order valence-electron chi connectivity index (χ3n) is 4.84. The van der Waals surface area contributed by atoms with E-state index >= 15 is 0 Å². The van der Waals surface area contributed by atoms with Crippen molar-refractivity contribution < 1.29 is 22.5 Å². The molecule has 0 unspecified atom stereocenters. The zero-order chi connectivity index (χ0) is 20.7. The Bertz CT molecular complexity index is 644. The zero-order valence-electron chi connectivity index (χ0n) is 17.2. The summed E-state index contributed by atoms with van der Waals surface area (Å²) in [6.07, 6.45) is 16.7. The van der Waals surface area contributed by atoms with Gasteiger partial charge in [0.25, 0.3) is 10.1 Å². The third kappa shape index (κ3) is 15.1. The first-order chi connectivity index (χ1) is 13.4. The van der Waals surface area contributed by atoms with Crippen LogP contribution in [0.15, 0.2) is 29.2 Å². The Balaban J connectivity index is 0.00000784. The van der Waals surface area contributed by atoms with E-state index in [-0.39, 0.29) is 46.2 Å². The van der Waals surface area contributed by atoms with E-state index in [4.69, 9.17) is 9.29 Å². The molecule has 7 heteroatoms. The van der Waals surface area contributed by atoms with Crippen LogP contribution in [0, 0.1) is 0 Å². The fraction of sp³-hybridized carbons (Fsp3) is 0.682. The number of hydrogen-bond donors (Lipinski definition) is 1. The van der Waals surface area contributed by atoms with Crippen molar-refractivity contribution in [2.75, 3.05) is 0 Å². The van der Waals surface area contributed by atoms with Gasteiger partial charge < -0.3 is 4.74 Å². The van der Waals surface area contributed by atoms with Crippen LogP contribution in [0.5, 0.6) is 5.75 Å². The summed E-state index contributed by atoms with van der Waals surface area (Å²) in [6.45, 7) is 2.25. The van der Waals surface area contributed by atoms with Crippen LogP contribution >= 0.6 is 0 Å². The quantitative estimate of drug-likeness (QED) is 0.119. The van der Waals surface area contributed by atoms with Crippen LogP contribution in [0.1, 0.15) is 96.8 Å². The normalized spacial score (nSPS) is 11.1. The van der Waals surface area contributed by atoms with Gasteiger partial charge in [-0.25, -0.2) is 0 Å². The molecule has 0 aliphatic rings. The van der Waals surface area contributed by atoms with Crippen molar-refractivity contribution in [3.63, 3.8) is 0 Å². The summed E-state index contributed by atoms with van der Waals surface area (Å²) >= 11 is 0. The van der Waals surface area contributed by atoms with Crippen LogP contribution in [0.2, 0.25) is 0 Å². The summed E-state index contributed by atoms with van der Waals surface area (Å²) in [5.41, 5.74) is 0. The Morgan fingerprint density at radius 2 is 1.21 bits per heavy atom. The summed E-state index contributed by atoms with van der Waals surface area (Å²) in [5.74, 6) is -0.0326. The molecule has 5 nitrogen and oxygen atoms in total. The second-order valence-electron chi connectivity index (χ2n) is 7.41. The van der Waals surface area contributed by atoms with Crippen molar-refractivity contribution in [2.45, 2.75) is 102 Å². The Kier molecular flexibility index (Phi) is 17.1. The van der Waals surface area contributed by atoms with Crippen LogP contribution < -0.4 is 4.74 Å². The number of benzene rings is 1. The topological polar surface area (TPSA) is 80.7 Å². The standard InChI is InChI=1S/C22H36O5S.Na.H/c1-2-3-4-5-6-7-8-9-10-11-12-13-14-15-22(23)27-20-16-18-21(19-17-20)28(24,25)26;;/h16-19H,2-15H2,1H3,(H,24,25,26);;. The van der Waals surface area contributed by atoms with E-state index in [1.165, 1.54) is 88.5 Å². The maximum atomic E-state index is 11.8. The molecule has 1 N–H and O–H groups in total. The average Bonchev–Trinajstić information content (AvgIpc) is 2.65. The van der Waals surface area contributed by atoms with Crippen LogP contribution in [0.25, 0.3) is 0 Å². The number of hydrogen-bond acceptors (Lipinski definition) is 4. The molecule has 0 amide bonds. The first-order valence-corrected chi connectivity index (χ1v) is 12.2. The molecule has 0 heterocycles. The molecule has 162 valence electrons. The Hall–Kier alpha value is -0.400. The van der Waals surface area contributed by atoms with Crippen molar-refractivity contribution >= 4 is 45.6 Å². The summed E-state index contributed by atoms with van der Waals surface area (Å²) in [5, 5.41) is 0. The third-order valence-corrected chi connectivity index (χ3v) is 5.71. The van der Waals surface area contributed by atoms with Crippen molar-refractivity contribution in [1.29, 1.82) is 0 Å². The molecule has 0 aromatic heterocycles. The van der Waals surface area contributed by atoms with Gasteiger partial charge in [-0.3, -0.25) is 9.35 Å². The SMILES string of the molecule is CCCCCCCCCCCCCCCC(=O)Oc1ccc(S(=O)(=O)O)cc1.[NaH]. The monoisotopic (exact) mass is 436 g/mol. The number of carbonyl (C=O) groups excluding carboxylic acids is 1. The van der Waals surface area contributed by atoms with Gasteiger partial charge >= 0.3 is 35.5 Å². The Morgan fingerprint density at radius 1 is 0.793 bits per heavy atom. The van der Waals surface area contributed by atoms with Gasteiger partial charge in [-0.1, -0.05) is 84.0 Å². The molecule has 0 bridgehead atoms. The van der Waals surface area contributed by atoms with E-state index in [2.05, 4.69) is 6.92 Å². The first-order valence-electron chi connectivity index (χ1n) is 10.7. The van der Waals surface area contributed by atoms with Crippen LogP contribution in [-0.2, 0) is 14.9 Å². The van der Waals surface area contributed by atoms with Crippen molar-refractivity contribution in [3.8, 4) is 5.75 Å². The molecule has 0 atom stereocenters. The van der Waals surface area contributed by atoms with Gasteiger partial charge in [0.15, 0.2) is 0 Å². The van der Waals surface area contributed by atoms with Gasteiger partial charge in [0, 0.05) is 6.42 Å². The fourth-order valence-electron chi connectivity index (χ4n) is 3.15. The molecular formula is C22H37NaO5S. The number of esters is 1. The molecule has 0 saturated heterocycles. The molecule has 0 spiro atoms. The number of carbonyl (C=O) groups is 1. The fourth-order valence-corrected chi connectivity index (χ4v) is 3.63. The predicted molar refractivity (Wildman–Crippen MR) is 119 cm³/mol. The molecule has 1 aromatic carbocycles. The maximum absolute atomic E-state index is 11.8. The minimum absolute atomic E-state index is 0. The molecule has 1 rings (SSSR count). The van der Waals surface area contributed by atoms with Gasteiger partial charge in [0.2, 0.25) is 0 Å². The second kappa shape index (κ2) is 17.3. The first kappa shape index (κ1) is 28.6. The summed E-state index contributed by atoms with van der Waals surface area (Å²) in [7, 11) is -4.22. The van der Waals surface area contributed by atoms with Gasteiger partial charge in [-0.05, 0) is 30.7 Å². The number of ether oxygens (including phenoxy) is 1. The van der Waals surface area contributed by atoms with Crippen molar-refractivity contribution in [3.05, 3.63) is 24.3 Å². The summed E-state index contributed by atoms with van der Waals surface area (Å²) in [6, 6.07) is 5.15. The van der Waals surface area contributed by atoms with E-state index in [1.54, 1.807) is 0 Å². The van der Waals surface area contributed by atoms with E-state index in [0.29, 0.717) is 6.42 Å². The molecule has 0 saturated carbocycles. The molecule has 0 fully saturated rings. The van der Waals surface area contributed by atoms with E-state index < -0.39 is 10.1 Å². The zero-order valence-corrected chi connectivity index (χ0v) is 18.0. The average molecular weight is 437 g/mol. The van der Waals surface area contributed by atoms with Crippen LogP contribution in [0.4, 0.5) is 0 Å². The van der Waals surface area contributed by atoms with E-state index in [0.717, 1.165) is 19.3 Å². The van der Waals surface area contributed by atoms with Crippen molar-refractivity contribution in [2.24, 2.45) is 0 Å². The van der Waals surface area contributed by atoms with Crippen LogP contribution in [-0.4, -0.2) is 48.5 Å². The van der Waals surface area contributed by atoms with E-state index in [1.807, 2.05) is 0 Å². The Morgan fingerprint density at radius 3 is 1.62 bits per heavy atom. The molecule has 0 radical (unpaired) electrons. The van der Waals surface area contributed by atoms with Crippen LogP contribution in [0.3, 0.4) is 0 Å². The molecule has 0 aliphatic heterocycles. The summed E-state index contributed by atoms with van der Waals surface area (Å²) in [4.78, 5) is 11.6. The van der Waals surface area contributed by atoms with Gasteiger partial charge in [0.05, 0.1) is 4.90 Å². The van der Waals surface area contributed by atoms with Gasteiger partial charge in [-0.15, -0.1) is 0 Å². The van der Waals surface area contributed by atoms with Gasteiger partial charge in [-0.2, -0.15) is 8.42 Å². The predicted octanol–water partition coefficient (Wildman–Crippen LogP) is 5.67. The summed E-state index contributed by atoms with van der Waals surface area (Å²) < 4.78 is 36.0. The number of unbranched alkanes of at least 4 members (excludes halogenated alkanes) is 12. The molecule has 0 aliphatic carbocycles. The number of rotatable bonds is 16. The minimum atomic E-state index is -4.22. The molecule has 29 heavy (non-hydrogen) atoms. The van der Waals surface area contributed by atoms with Gasteiger partial charge in [0.1, 0.15) is 5.75 Å². The van der Waals surface area contributed by atoms with E-state index in [9.17, 15) is 13.2 Å². The molecular weight excluding hydrogens is 399 g/mol. The molecule has 1 aromatic rings. The van der Waals surface area contributed by atoms with Crippen molar-refractivity contribution in [1.82, 2.24) is 0 Å². The Labute approximate surface area is 199 Å². The second-order valence-corrected chi connectivity index (χ2v) is 8.83.